The molecule has 29 heavy (non-hydrogen) atoms. The monoisotopic (exact) mass is 425 g/mol. The van der Waals surface area contributed by atoms with Gasteiger partial charge in [-0.15, -0.1) is 0 Å². The highest BCUT2D eigenvalue weighted by atomic mass is 32.2. The number of ether oxygens (including phenoxy) is 2. The van der Waals surface area contributed by atoms with Gasteiger partial charge in [-0.2, -0.15) is 0 Å². The Morgan fingerprint density at radius 3 is 2.48 bits per heavy atom. The molecule has 1 heterocycles. The van der Waals surface area contributed by atoms with Gasteiger partial charge in [-0.1, -0.05) is 12.1 Å². The minimum absolute atomic E-state index is 0.0145. The van der Waals surface area contributed by atoms with Gasteiger partial charge in [0, 0.05) is 6.42 Å². The first-order valence-corrected chi connectivity index (χ1v) is 10.4. The van der Waals surface area contributed by atoms with Crippen LogP contribution < -0.4 is 15.4 Å². The summed E-state index contributed by atoms with van der Waals surface area (Å²) in [4.78, 5) is 35.6. The minimum atomic E-state index is -3.51. The second-order valence-electron chi connectivity index (χ2n) is 6.00. The normalized spacial score (nSPS) is 14.1. The summed E-state index contributed by atoms with van der Waals surface area (Å²) >= 11 is 0. The van der Waals surface area contributed by atoms with Crippen LogP contribution in [0.3, 0.4) is 0 Å². The molecule has 0 aliphatic carbocycles. The lowest BCUT2D eigenvalue weighted by atomic mass is 10.1. The van der Waals surface area contributed by atoms with E-state index in [0.717, 1.165) is 5.56 Å². The molecule has 0 radical (unpaired) electrons. The maximum absolute atomic E-state index is 12.0. The van der Waals surface area contributed by atoms with Crippen molar-refractivity contribution in [2.24, 2.45) is 0 Å². The number of esters is 2. The number of urea groups is 1. The number of rotatable bonds is 9. The van der Waals surface area contributed by atoms with Gasteiger partial charge in [0.1, 0.15) is 6.61 Å². The first kappa shape index (κ1) is 22.4. The fraction of sp³-hybridized carbons (Fsp3) is 0.389. The van der Waals surface area contributed by atoms with Crippen molar-refractivity contribution < 1.29 is 32.3 Å². The second kappa shape index (κ2) is 10.0. The lowest BCUT2D eigenvalue weighted by molar-refractivity contribution is -0.143. The van der Waals surface area contributed by atoms with Crippen LogP contribution in [0.1, 0.15) is 18.9 Å². The fourth-order valence-corrected chi connectivity index (χ4v) is 3.22. The van der Waals surface area contributed by atoms with E-state index in [0.29, 0.717) is 6.42 Å². The summed E-state index contributed by atoms with van der Waals surface area (Å²) in [6.45, 7) is 1.56. The highest BCUT2D eigenvalue weighted by Crippen LogP contribution is 2.13. The number of hydrogen-bond acceptors (Lipinski definition) is 7. The maximum Gasteiger partial charge on any atom is 0.337 e. The summed E-state index contributed by atoms with van der Waals surface area (Å²) in [6.07, 6.45) is 0.392. The number of carbonyl (C=O) groups is 3. The van der Waals surface area contributed by atoms with Gasteiger partial charge in [-0.3, -0.25) is 4.79 Å². The van der Waals surface area contributed by atoms with Crippen molar-refractivity contribution in [1.29, 1.82) is 0 Å². The molecule has 0 unspecified atom stereocenters. The molecule has 158 valence electrons. The third kappa shape index (κ3) is 6.29. The van der Waals surface area contributed by atoms with Crippen LogP contribution >= 0.6 is 0 Å². The van der Waals surface area contributed by atoms with E-state index in [1.165, 1.54) is 19.2 Å². The number of carbonyl (C=O) groups excluding carboxylic acids is 3. The Balaban J connectivity index is 1.91. The van der Waals surface area contributed by atoms with Crippen LogP contribution in [0.25, 0.3) is 0 Å². The largest absolute Gasteiger partial charge is 0.463 e. The van der Waals surface area contributed by atoms with Crippen LogP contribution in [-0.4, -0.2) is 53.2 Å². The summed E-state index contributed by atoms with van der Waals surface area (Å²) in [5.41, 5.74) is 1.14. The quantitative estimate of drug-likeness (QED) is 0.480. The number of sulfonamides is 1. The number of aryl methyl sites for hydroxylation is 1. The van der Waals surface area contributed by atoms with Crippen LogP contribution in [0.5, 0.6) is 0 Å². The molecule has 3 N–H and O–H groups in total. The molecule has 1 aromatic carbocycles. The summed E-state index contributed by atoms with van der Waals surface area (Å²) in [7, 11) is -2.19. The van der Waals surface area contributed by atoms with Gasteiger partial charge in [0.25, 0.3) is 0 Å². The lowest BCUT2D eigenvalue weighted by Crippen LogP contribution is -2.45. The molecule has 0 saturated carbocycles. The van der Waals surface area contributed by atoms with Gasteiger partial charge in [0.2, 0.25) is 10.0 Å². The summed E-state index contributed by atoms with van der Waals surface area (Å²) in [5, 5.41) is 4.91. The van der Waals surface area contributed by atoms with E-state index in [1.54, 1.807) is 19.1 Å². The first-order valence-electron chi connectivity index (χ1n) is 8.89. The Kier molecular flexibility index (Phi) is 7.74. The Morgan fingerprint density at radius 1 is 1.17 bits per heavy atom. The lowest BCUT2D eigenvalue weighted by Gasteiger charge is -2.21. The van der Waals surface area contributed by atoms with Crippen LogP contribution in [0, 0.1) is 0 Å². The molecule has 0 atom stereocenters. The number of nitrogens with one attached hydrogen (secondary N) is 3. The molecule has 0 fully saturated rings. The van der Waals surface area contributed by atoms with Crippen LogP contribution in [0.2, 0.25) is 0 Å². The van der Waals surface area contributed by atoms with Gasteiger partial charge in [-0.05, 0) is 38.1 Å². The molecule has 11 heteroatoms. The van der Waals surface area contributed by atoms with E-state index in [9.17, 15) is 22.8 Å². The third-order valence-electron chi connectivity index (χ3n) is 4.07. The van der Waals surface area contributed by atoms with Crippen LogP contribution in [0.15, 0.2) is 40.4 Å². The molecule has 0 bridgehead atoms. The Labute approximate surface area is 168 Å². The van der Waals surface area contributed by atoms with Gasteiger partial charge >= 0.3 is 18.0 Å². The summed E-state index contributed by atoms with van der Waals surface area (Å²) < 4.78 is 35.7. The fourth-order valence-electron chi connectivity index (χ4n) is 2.49. The highest BCUT2D eigenvalue weighted by molar-refractivity contribution is 7.89. The van der Waals surface area contributed by atoms with E-state index in [1.807, 2.05) is 0 Å². The van der Waals surface area contributed by atoms with E-state index >= 15 is 0 Å². The van der Waals surface area contributed by atoms with Crippen molar-refractivity contribution >= 4 is 28.0 Å². The van der Waals surface area contributed by atoms with E-state index < -0.39 is 28.0 Å². The van der Waals surface area contributed by atoms with Crippen LogP contribution in [0.4, 0.5) is 4.79 Å². The Hall–Kier alpha value is -2.92. The topological polar surface area (TPSA) is 140 Å². The smallest absolute Gasteiger partial charge is 0.337 e. The molecule has 1 aromatic rings. The minimum Gasteiger partial charge on any atom is -0.463 e. The molecule has 0 saturated heterocycles. The number of benzene rings is 1. The van der Waals surface area contributed by atoms with Crippen molar-refractivity contribution in [1.82, 2.24) is 15.4 Å². The molecule has 1 aliphatic heterocycles. The zero-order chi connectivity index (χ0) is 21.4. The van der Waals surface area contributed by atoms with Gasteiger partial charge in [0.05, 0.1) is 29.3 Å². The van der Waals surface area contributed by atoms with E-state index in [-0.39, 0.29) is 42.3 Å². The van der Waals surface area contributed by atoms with E-state index in [4.69, 9.17) is 9.47 Å². The van der Waals surface area contributed by atoms with Crippen molar-refractivity contribution in [2.45, 2.75) is 24.7 Å². The van der Waals surface area contributed by atoms with Crippen molar-refractivity contribution in [2.75, 3.05) is 26.8 Å². The molecule has 1 aliphatic rings. The highest BCUT2D eigenvalue weighted by Gasteiger charge is 2.24. The zero-order valence-electron chi connectivity index (χ0n) is 16.1. The average molecular weight is 425 g/mol. The Morgan fingerprint density at radius 2 is 1.86 bits per heavy atom. The predicted molar refractivity (Wildman–Crippen MR) is 102 cm³/mol. The predicted octanol–water partition coefficient (Wildman–Crippen LogP) is 0.201. The first-order chi connectivity index (χ1) is 13.8. The zero-order valence-corrected chi connectivity index (χ0v) is 16.9. The van der Waals surface area contributed by atoms with Gasteiger partial charge in [-0.25, -0.2) is 22.7 Å². The molecular formula is C18H23N3O7S. The van der Waals surface area contributed by atoms with Crippen molar-refractivity contribution in [3.05, 3.63) is 41.1 Å². The average Bonchev–Trinajstić information content (AvgIpc) is 2.71. The van der Waals surface area contributed by atoms with Crippen molar-refractivity contribution in [3.8, 4) is 0 Å². The Bertz CT molecular complexity index is 908. The number of hydrogen-bond donors (Lipinski definition) is 3. The van der Waals surface area contributed by atoms with E-state index in [2.05, 4.69) is 15.4 Å². The third-order valence-corrected chi connectivity index (χ3v) is 5.50. The standard InChI is InChI=1S/C18H23N3O7S/c1-3-27-17(23)14-10-20-18(24)21-15(14)11-28-16(22)9-6-12-4-7-13(8-5-12)29(25,26)19-2/h4-5,7-8,19H,3,6,9-11H2,1-2H3,(H2,20,21,24). The van der Waals surface area contributed by atoms with Gasteiger partial charge < -0.3 is 20.1 Å². The second-order valence-corrected chi connectivity index (χ2v) is 7.88. The molecular weight excluding hydrogens is 402 g/mol. The van der Waals surface area contributed by atoms with Crippen molar-refractivity contribution in [3.63, 3.8) is 0 Å². The van der Waals surface area contributed by atoms with Crippen LogP contribution in [-0.2, 0) is 35.5 Å². The molecule has 2 rings (SSSR count). The van der Waals surface area contributed by atoms with Gasteiger partial charge in [0.15, 0.2) is 0 Å². The molecule has 10 nitrogen and oxygen atoms in total. The summed E-state index contributed by atoms with van der Waals surface area (Å²) in [5.74, 6) is -1.12. The number of amides is 2. The maximum atomic E-state index is 12.0. The molecule has 2 amide bonds. The SMILES string of the molecule is CCOC(=O)C1=C(COC(=O)CCc2ccc(S(=O)(=O)NC)cc2)NC(=O)NC1. The molecule has 0 spiro atoms. The molecule has 0 aromatic heterocycles. The summed E-state index contributed by atoms with van der Waals surface area (Å²) in [6, 6.07) is 5.64.